The number of nitrogens with one attached hydrogen (secondary N) is 2. The highest BCUT2D eigenvalue weighted by Crippen LogP contribution is 2.30. The number of rotatable bonds is 8. The summed E-state index contributed by atoms with van der Waals surface area (Å²) in [5.41, 5.74) is -5.22. The Morgan fingerprint density at radius 1 is 1.24 bits per heavy atom. The summed E-state index contributed by atoms with van der Waals surface area (Å²) in [6, 6.07) is 0. The van der Waals surface area contributed by atoms with Crippen LogP contribution in [0.25, 0.3) is 0 Å². The first-order chi connectivity index (χ1) is 11.7. The molecule has 1 rings (SSSR count). The maximum Gasteiger partial charge on any atom is 0.511 e. The molecule has 0 atom stereocenters. The van der Waals surface area contributed by atoms with Crippen LogP contribution in [0.2, 0.25) is 0 Å². The smallest absolute Gasteiger partial charge is 0.356 e. The molecule has 0 aliphatic carbocycles. The van der Waals surface area contributed by atoms with Gasteiger partial charge in [0.25, 0.3) is 0 Å². The minimum atomic E-state index is -5.22. The Morgan fingerprint density at radius 3 is 2.40 bits per heavy atom. The summed E-state index contributed by atoms with van der Waals surface area (Å²) in [6.45, 7) is 1.16. The number of nitrogens with zero attached hydrogens (tertiary/aromatic N) is 2. The molecule has 1 saturated heterocycles. The second-order valence-corrected chi connectivity index (χ2v) is 8.79. The van der Waals surface area contributed by atoms with Gasteiger partial charge >= 0.3 is 15.5 Å². The molecule has 0 bridgehead atoms. The first-order valence-corrected chi connectivity index (χ1v) is 11.1. The van der Waals surface area contributed by atoms with E-state index in [1.165, 1.54) is 0 Å². The molecule has 2 N–H and O–H groups in total. The average molecular weight is 405 g/mol. The lowest BCUT2D eigenvalue weighted by molar-refractivity contribution is -0.0496. The molecule has 0 unspecified atom stereocenters. The number of sulfonamides is 1. The zero-order valence-corrected chi connectivity index (χ0v) is 16.2. The van der Waals surface area contributed by atoms with Gasteiger partial charge in [-0.3, -0.25) is 4.99 Å². The Labute approximate surface area is 152 Å². The Kier molecular flexibility index (Phi) is 9.36. The number of hydrogen-bond acceptors (Lipinski definition) is 4. The van der Waals surface area contributed by atoms with Crippen LogP contribution in [0.1, 0.15) is 25.7 Å². The van der Waals surface area contributed by atoms with E-state index >= 15 is 0 Å². The van der Waals surface area contributed by atoms with Crippen molar-refractivity contribution in [3.05, 3.63) is 0 Å². The number of thioether (sulfide) groups is 1. The van der Waals surface area contributed by atoms with Gasteiger partial charge in [-0.2, -0.15) is 29.2 Å². The molecule has 0 aromatic heterocycles. The molecule has 1 aliphatic rings. The SMILES string of the molecule is CN=C(NCCCCSC)NCC1CCN(S(=O)(=O)C(F)(F)F)CC1. The van der Waals surface area contributed by atoms with Crippen molar-refractivity contribution in [2.45, 2.75) is 31.2 Å². The summed E-state index contributed by atoms with van der Waals surface area (Å²) in [4.78, 5) is 4.11. The van der Waals surface area contributed by atoms with Crippen molar-refractivity contribution in [1.82, 2.24) is 14.9 Å². The topological polar surface area (TPSA) is 73.8 Å². The Morgan fingerprint density at radius 2 is 1.88 bits per heavy atom. The summed E-state index contributed by atoms with van der Waals surface area (Å²) in [5.74, 6) is 1.90. The van der Waals surface area contributed by atoms with Gasteiger partial charge in [0, 0.05) is 33.2 Å². The third kappa shape index (κ3) is 7.22. The van der Waals surface area contributed by atoms with E-state index < -0.39 is 15.5 Å². The molecule has 0 saturated carbocycles. The van der Waals surface area contributed by atoms with Gasteiger partial charge < -0.3 is 10.6 Å². The first-order valence-electron chi connectivity index (χ1n) is 8.22. The third-order valence-electron chi connectivity index (χ3n) is 4.06. The van der Waals surface area contributed by atoms with Gasteiger partial charge in [0.05, 0.1) is 0 Å². The molecule has 1 heterocycles. The van der Waals surface area contributed by atoms with Gasteiger partial charge in [-0.05, 0) is 43.6 Å². The van der Waals surface area contributed by atoms with Gasteiger partial charge in [-0.1, -0.05) is 0 Å². The van der Waals surface area contributed by atoms with Crippen LogP contribution < -0.4 is 10.6 Å². The zero-order chi connectivity index (χ0) is 18.9. The van der Waals surface area contributed by atoms with Crippen molar-refractivity contribution in [2.24, 2.45) is 10.9 Å². The number of aliphatic imine (C=N–C) groups is 1. The zero-order valence-electron chi connectivity index (χ0n) is 14.6. The molecular weight excluding hydrogens is 377 g/mol. The Bertz CT molecular complexity index is 519. The lowest BCUT2D eigenvalue weighted by Crippen LogP contribution is -2.47. The molecule has 0 aromatic rings. The van der Waals surface area contributed by atoms with E-state index in [1.54, 1.807) is 7.05 Å². The third-order valence-corrected chi connectivity index (χ3v) is 6.38. The number of unbranched alkanes of at least 4 members (excludes halogenated alkanes) is 1. The minimum absolute atomic E-state index is 0.102. The number of halogens is 3. The Hall–Kier alpha value is -0.680. The molecule has 0 aromatic carbocycles. The second-order valence-electron chi connectivity index (χ2n) is 5.87. The highest BCUT2D eigenvalue weighted by Gasteiger charge is 2.50. The van der Waals surface area contributed by atoms with E-state index in [0.29, 0.717) is 29.7 Å². The normalized spacial score (nSPS) is 18.4. The number of guanidine groups is 1. The van der Waals surface area contributed by atoms with Crippen molar-refractivity contribution < 1.29 is 21.6 Å². The standard InChI is InChI=1S/C14H27F3N4O2S2/c1-18-13(19-7-3-4-10-24-2)20-11-12-5-8-21(9-6-12)25(22,23)14(15,16)17/h12H,3-11H2,1-2H3,(H2,18,19,20). The summed E-state index contributed by atoms with van der Waals surface area (Å²) >= 11 is 1.81. The average Bonchev–Trinajstić information content (AvgIpc) is 2.56. The molecule has 0 radical (unpaired) electrons. The highest BCUT2D eigenvalue weighted by molar-refractivity contribution is 7.98. The van der Waals surface area contributed by atoms with E-state index in [0.717, 1.165) is 25.1 Å². The molecule has 11 heteroatoms. The van der Waals surface area contributed by atoms with E-state index in [9.17, 15) is 21.6 Å². The fourth-order valence-corrected chi connectivity index (χ4v) is 4.02. The largest absolute Gasteiger partial charge is 0.511 e. The molecule has 25 heavy (non-hydrogen) atoms. The van der Waals surface area contributed by atoms with Gasteiger partial charge in [0.1, 0.15) is 0 Å². The fourth-order valence-electron chi connectivity index (χ4n) is 2.54. The summed E-state index contributed by atoms with van der Waals surface area (Å²) in [6.07, 6.45) is 5.02. The Balaban J connectivity index is 2.32. The van der Waals surface area contributed by atoms with Crippen LogP contribution >= 0.6 is 11.8 Å². The van der Waals surface area contributed by atoms with Crippen LogP contribution in [0.15, 0.2) is 4.99 Å². The summed E-state index contributed by atoms with van der Waals surface area (Å²) in [5, 5.41) is 6.35. The second kappa shape index (κ2) is 10.5. The van der Waals surface area contributed by atoms with Crippen molar-refractivity contribution in [2.75, 3.05) is 45.2 Å². The molecular formula is C14H27F3N4O2S2. The van der Waals surface area contributed by atoms with Crippen LogP contribution in [0.5, 0.6) is 0 Å². The lowest BCUT2D eigenvalue weighted by Gasteiger charge is -2.31. The molecule has 0 spiro atoms. The van der Waals surface area contributed by atoms with Crippen LogP contribution in [-0.4, -0.2) is 69.4 Å². The number of alkyl halides is 3. The van der Waals surface area contributed by atoms with Crippen molar-refractivity contribution in [1.29, 1.82) is 0 Å². The first kappa shape index (κ1) is 22.4. The predicted molar refractivity (Wildman–Crippen MR) is 96.3 cm³/mol. The highest BCUT2D eigenvalue weighted by atomic mass is 32.2. The van der Waals surface area contributed by atoms with Crippen molar-refractivity contribution in [3.63, 3.8) is 0 Å². The molecule has 148 valence electrons. The minimum Gasteiger partial charge on any atom is -0.356 e. The molecule has 1 fully saturated rings. The fraction of sp³-hybridized carbons (Fsp3) is 0.929. The van der Waals surface area contributed by atoms with Gasteiger partial charge in [0.15, 0.2) is 5.96 Å². The van der Waals surface area contributed by atoms with Crippen molar-refractivity contribution in [3.8, 4) is 0 Å². The number of hydrogen-bond donors (Lipinski definition) is 2. The lowest BCUT2D eigenvalue weighted by atomic mass is 9.98. The van der Waals surface area contributed by atoms with Crippen LogP contribution in [0.3, 0.4) is 0 Å². The van der Waals surface area contributed by atoms with Crippen molar-refractivity contribution >= 4 is 27.7 Å². The molecule has 1 aliphatic heterocycles. The quantitative estimate of drug-likeness (QED) is 0.367. The maximum absolute atomic E-state index is 12.5. The van der Waals surface area contributed by atoms with Gasteiger partial charge in [0.2, 0.25) is 0 Å². The maximum atomic E-state index is 12.5. The summed E-state index contributed by atoms with van der Waals surface area (Å²) in [7, 11) is -3.54. The van der Waals surface area contributed by atoms with E-state index in [1.807, 2.05) is 11.8 Å². The monoisotopic (exact) mass is 404 g/mol. The van der Waals surface area contributed by atoms with Gasteiger partial charge in [-0.15, -0.1) is 0 Å². The van der Waals surface area contributed by atoms with Gasteiger partial charge in [-0.25, -0.2) is 8.42 Å². The van der Waals surface area contributed by atoms with Crippen LogP contribution in [-0.2, 0) is 10.0 Å². The molecule has 6 nitrogen and oxygen atoms in total. The van der Waals surface area contributed by atoms with E-state index in [2.05, 4.69) is 21.9 Å². The van der Waals surface area contributed by atoms with Crippen LogP contribution in [0.4, 0.5) is 13.2 Å². The van der Waals surface area contributed by atoms with E-state index in [4.69, 9.17) is 0 Å². The van der Waals surface area contributed by atoms with Crippen LogP contribution in [0, 0.1) is 5.92 Å². The number of piperidine rings is 1. The summed E-state index contributed by atoms with van der Waals surface area (Å²) < 4.78 is 60.9. The molecule has 0 amide bonds. The predicted octanol–water partition coefficient (Wildman–Crippen LogP) is 1.86. The van der Waals surface area contributed by atoms with E-state index in [-0.39, 0.29) is 19.0 Å².